The van der Waals surface area contributed by atoms with Crippen molar-refractivity contribution in [1.82, 2.24) is 5.32 Å². The average Bonchev–Trinajstić information content (AvgIpc) is 2.47. The van der Waals surface area contributed by atoms with E-state index in [2.05, 4.69) is 5.32 Å². The number of nitrogens with one attached hydrogen (secondary N) is 1. The van der Waals surface area contributed by atoms with Crippen molar-refractivity contribution >= 4 is 23.5 Å². The smallest absolute Gasteiger partial charge is 0.336 e. The van der Waals surface area contributed by atoms with Crippen LogP contribution in [-0.4, -0.2) is 23.5 Å². The Balaban J connectivity index is 1.98. The second kappa shape index (κ2) is 6.90. The molecule has 2 aromatic carbocycles. The Morgan fingerprint density at radius 1 is 1.05 bits per heavy atom. The SMILES string of the molecule is O=C(O)c1ccccc1C(=O)NCCc1cccc(Cl)c1. The third-order valence-electron chi connectivity index (χ3n) is 2.99. The number of carboxylic acid groups (broad SMARTS) is 1. The number of aromatic carboxylic acids is 1. The van der Waals surface area contributed by atoms with Crippen LogP contribution in [0, 0.1) is 0 Å². The highest BCUT2D eigenvalue weighted by molar-refractivity contribution is 6.30. The zero-order chi connectivity index (χ0) is 15.2. The maximum absolute atomic E-state index is 12.0. The van der Waals surface area contributed by atoms with Crippen molar-refractivity contribution < 1.29 is 14.7 Å². The first kappa shape index (κ1) is 15.1. The summed E-state index contributed by atoms with van der Waals surface area (Å²) >= 11 is 5.89. The summed E-state index contributed by atoms with van der Waals surface area (Å²) in [6.45, 7) is 0.410. The maximum atomic E-state index is 12.0. The summed E-state index contributed by atoms with van der Waals surface area (Å²) < 4.78 is 0. The third-order valence-corrected chi connectivity index (χ3v) is 3.23. The van der Waals surface area contributed by atoms with Crippen LogP contribution in [0.4, 0.5) is 0 Å². The molecule has 0 aliphatic rings. The molecular weight excluding hydrogens is 290 g/mol. The van der Waals surface area contributed by atoms with E-state index in [1.807, 2.05) is 18.2 Å². The van der Waals surface area contributed by atoms with Gasteiger partial charge in [-0.15, -0.1) is 0 Å². The second-order valence-electron chi connectivity index (χ2n) is 4.49. The standard InChI is InChI=1S/C16H14ClNO3/c17-12-5-3-4-11(10-12)8-9-18-15(19)13-6-1-2-7-14(13)16(20)21/h1-7,10H,8-9H2,(H,18,19)(H,20,21). The molecule has 0 radical (unpaired) electrons. The Labute approximate surface area is 127 Å². The monoisotopic (exact) mass is 303 g/mol. The number of hydrogen-bond acceptors (Lipinski definition) is 2. The fraction of sp³-hybridized carbons (Fsp3) is 0.125. The predicted octanol–water partition coefficient (Wildman–Crippen LogP) is 3.01. The Morgan fingerprint density at radius 3 is 2.43 bits per heavy atom. The third kappa shape index (κ3) is 4.07. The minimum atomic E-state index is -1.12. The van der Waals surface area contributed by atoms with E-state index < -0.39 is 11.9 Å². The van der Waals surface area contributed by atoms with E-state index in [1.165, 1.54) is 12.1 Å². The van der Waals surface area contributed by atoms with Gasteiger partial charge >= 0.3 is 5.97 Å². The molecule has 2 aromatic rings. The molecule has 2 N–H and O–H groups in total. The van der Waals surface area contributed by atoms with Gasteiger partial charge in [0.25, 0.3) is 5.91 Å². The van der Waals surface area contributed by atoms with Crippen LogP contribution in [0.25, 0.3) is 0 Å². The van der Waals surface area contributed by atoms with E-state index in [1.54, 1.807) is 18.2 Å². The van der Waals surface area contributed by atoms with Crippen LogP contribution in [0.1, 0.15) is 26.3 Å². The first-order valence-electron chi connectivity index (χ1n) is 6.43. The lowest BCUT2D eigenvalue weighted by Gasteiger charge is -2.08. The summed E-state index contributed by atoms with van der Waals surface area (Å²) in [6, 6.07) is 13.5. The second-order valence-corrected chi connectivity index (χ2v) is 4.92. The van der Waals surface area contributed by atoms with Gasteiger partial charge in [-0.25, -0.2) is 4.79 Å². The van der Waals surface area contributed by atoms with Gasteiger partial charge in [0.15, 0.2) is 0 Å². The van der Waals surface area contributed by atoms with Crippen LogP contribution >= 0.6 is 11.6 Å². The van der Waals surface area contributed by atoms with E-state index in [-0.39, 0.29) is 11.1 Å². The quantitative estimate of drug-likeness (QED) is 0.892. The van der Waals surface area contributed by atoms with Gasteiger partial charge in [0.1, 0.15) is 0 Å². The molecule has 0 aliphatic carbocycles. The first-order valence-corrected chi connectivity index (χ1v) is 6.80. The molecule has 0 spiro atoms. The molecule has 0 atom stereocenters. The van der Waals surface area contributed by atoms with Crippen LogP contribution in [0.5, 0.6) is 0 Å². The predicted molar refractivity (Wildman–Crippen MR) is 80.9 cm³/mol. The number of rotatable bonds is 5. The number of carbonyl (C=O) groups is 2. The van der Waals surface area contributed by atoms with E-state index in [0.29, 0.717) is 18.0 Å². The summed E-state index contributed by atoms with van der Waals surface area (Å²) in [5, 5.41) is 12.4. The molecule has 0 unspecified atom stereocenters. The van der Waals surface area contributed by atoms with E-state index >= 15 is 0 Å². The van der Waals surface area contributed by atoms with Crippen molar-refractivity contribution in [3.8, 4) is 0 Å². The largest absolute Gasteiger partial charge is 0.478 e. The van der Waals surface area contributed by atoms with E-state index in [0.717, 1.165) is 5.56 Å². The van der Waals surface area contributed by atoms with E-state index in [9.17, 15) is 9.59 Å². The van der Waals surface area contributed by atoms with Gasteiger partial charge in [0.2, 0.25) is 0 Å². The molecule has 0 saturated carbocycles. The maximum Gasteiger partial charge on any atom is 0.336 e. The minimum absolute atomic E-state index is 0.00208. The van der Waals surface area contributed by atoms with Gasteiger partial charge in [-0.3, -0.25) is 4.79 Å². The van der Waals surface area contributed by atoms with Crippen molar-refractivity contribution in [2.75, 3.05) is 6.54 Å². The van der Waals surface area contributed by atoms with Crippen LogP contribution in [-0.2, 0) is 6.42 Å². The molecule has 1 amide bonds. The number of carbonyl (C=O) groups excluding carboxylic acids is 1. The van der Waals surface area contributed by atoms with Crippen LogP contribution in [0.15, 0.2) is 48.5 Å². The molecule has 2 rings (SSSR count). The summed E-state index contributed by atoms with van der Waals surface area (Å²) in [5.41, 5.74) is 1.17. The van der Waals surface area contributed by atoms with Crippen molar-refractivity contribution in [3.05, 3.63) is 70.2 Å². The fourth-order valence-electron chi connectivity index (χ4n) is 1.98. The lowest BCUT2D eigenvalue weighted by molar-refractivity contribution is 0.0691. The summed E-state index contributed by atoms with van der Waals surface area (Å²) in [5.74, 6) is -1.51. The highest BCUT2D eigenvalue weighted by Crippen LogP contribution is 2.11. The van der Waals surface area contributed by atoms with Crippen molar-refractivity contribution in [2.45, 2.75) is 6.42 Å². The topological polar surface area (TPSA) is 66.4 Å². The van der Waals surface area contributed by atoms with Crippen molar-refractivity contribution in [2.24, 2.45) is 0 Å². The zero-order valence-corrected chi connectivity index (χ0v) is 11.9. The van der Waals surface area contributed by atoms with Crippen molar-refractivity contribution in [1.29, 1.82) is 0 Å². The molecule has 0 aliphatic heterocycles. The normalized spacial score (nSPS) is 10.1. The molecule has 108 valence electrons. The molecule has 0 saturated heterocycles. The number of amides is 1. The summed E-state index contributed by atoms with van der Waals surface area (Å²) in [4.78, 5) is 23.1. The number of halogens is 1. The fourth-order valence-corrected chi connectivity index (χ4v) is 2.19. The van der Waals surface area contributed by atoms with Gasteiger partial charge in [-0.1, -0.05) is 35.9 Å². The van der Waals surface area contributed by atoms with Crippen LogP contribution < -0.4 is 5.32 Å². The first-order chi connectivity index (χ1) is 10.1. The number of benzene rings is 2. The molecule has 0 bridgehead atoms. The average molecular weight is 304 g/mol. The van der Waals surface area contributed by atoms with Gasteiger partial charge < -0.3 is 10.4 Å². The molecule has 21 heavy (non-hydrogen) atoms. The number of hydrogen-bond donors (Lipinski definition) is 2. The molecule has 0 aromatic heterocycles. The number of carboxylic acids is 1. The van der Waals surface area contributed by atoms with E-state index in [4.69, 9.17) is 16.7 Å². The van der Waals surface area contributed by atoms with Crippen LogP contribution in [0.2, 0.25) is 5.02 Å². The summed E-state index contributed by atoms with van der Waals surface area (Å²) in [6.07, 6.45) is 0.627. The van der Waals surface area contributed by atoms with Gasteiger partial charge in [-0.2, -0.15) is 0 Å². The Bertz CT molecular complexity index is 670. The summed E-state index contributed by atoms with van der Waals surface area (Å²) in [7, 11) is 0. The highest BCUT2D eigenvalue weighted by Gasteiger charge is 2.14. The minimum Gasteiger partial charge on any atom is -0.478 e. The molecule has 0 fully saturated rings. The lowest BCUT2D eigenvalue weighted by atomic mass is 10.1. The molecule has 5 heteroatoms. The van der Waals surface area contributed by atoms with Gasteiger partial charge in [0, 0.05) is 11.6 Å². The molecule has 4 nitrogen and oxygen atoms in total. The highest BCUT2D eigenvalue weighted by atomic mass is 35.5. The zero-order valence-electron chi connectivity index (χ0n) is 11.2. The lowest BCUT2D eigenvalue weighted by Crippen LogP contribution is -2.27. The molecular formula is C16H14ClNO3. The Hall–Kier alpha value is -2.33. The Kier molecular flexibility index (Phi) is 4.95. The van der Waals surface area contributed by atoms with Gasteiger partial charge in [-0.05, 0) is 36.2 Å². The Morgan fingerprint density at radius 2 is 1.76 bits per heavy atom. The van der Waals surface area contributed by atoms with Crippen molar-refractivity contribution in [3.63, 3.8) is 0 Å². The van der Waals surface area contributed by atoms with Gasteiger partial charge in [0.05, 0.1) is 11.1 Å². The van der Waals surface area contributed by atoms with Crippen LogP contribution in [0.3, 0.4) is 0 Å². The molecule has 0 heterocycles.